The van der Waals surface area contributed by atoms with Gasteiger partial charge in [0.2, 0.25) is 6.08 Å². The summed E-state index contributed by atoms with van der Waals surface area (Å²) in [6, 6.07) is 2.19. The molecule has 1 aromatic rings. The van der Waals surface area contributed by atoms with E-state index in [0.29, 0.717) is 0 Å². The molecule has 0 aliphatic rings. The molecule has 0 aliphatic heterocycles. The molecule has 7 heteroatoms. The van der Waals surface area contributed by atoms with E-state index < -0.39 is 17.5 Å². The Morgan fingerprint density at radius 1 is 1.28 bits per heavy atom. The minimum atomic E-state index is -4.58. The number of hydrogen-bond donors (Lipinski definition) is 0. The van der Waals surface area contributed by atoms with E-state index in [4.69, 9.17) is 9.47 Å². The van der Waals surface area contributed by atoms with Crippen molar-refractivity contribution in [1.29, 1.82) is 0 Å². The van der Waals surface area contributed by atoms with Crippen LogP contribution >= 0.6 is 0 Å². The second-order valence-corrected chi connectivity index (χ2v) is 3.28. The SMILES string of the molecule is COc1cc(CN=C=O)cc(C(F)(F)F)c1OC. The Morgan fingerprint density at radius 2 is 1.94 bits per heavy atom. The van der Waals surface area contributed by atoms with Gasteiger partial charge < -0.3 is 9.47 Å². The number of carbonyl (C=O) groups excluding carboxylic acids is 1. The summed E-state index contributed by atoms with van der Waals surface area (Å²) >= 11 is 0. The van der Waals surface area contributed by atoms with Gasteiger partial charge in [-0.3, -0.25) is 0 Å². The summed E-state index contributed by atoms with van der Waals surface area (Å²) in [6.45, 7) is -0.201. The average molecular weight is 261 g/mol. The number of aliphatic imine (C=N–C) groups is 1. The number of rotatable bonds is 4. The third-order valence-electron chi connectivity index (χ3n) is 2.17. The first-order valence-corrected chi connectivity index (χ1v) is 4.79. The van der Waals surface area contributed by atoms with E-state index in [0.717, 1.165) is 13.2 Å². The molecule has 0 atom stereocenters. The van der Waals surface area contributed by atoms with Crippen molar-refractivity contribution in [2.24, 2.45) is 4.99 Å². The maximum Gasteiger partial charge on any atom is 0.420 e. The van der Waals surface area contributed by atoms with Gasteiger partial charge in [0.05, 0.1) is 20.8 Å². The second kappa shape index (κ2) is 5.55. The first-order chi connectivity index (χ1) is 8.43. The van der Waals surface area contributed by atoms with Crippen molar-refractivity contribution in [1.82, 2.24) is 0 Å². The molecule has 1 aromatic carbocycles. The predicted molar refractivity (Wildman–Crippen MR) is 56.4 cm³/mol. The Bertz CT molecular complexity index is 479. The molecule has 98 valence electrons. The number of ether oxygens (including phenoxy) is 2. The summed E-state index contributed by atoms with van der Waals surface area (Å²) in [4.78, 5) is 13.2. The fourth-order valence-electron chi connectivity index (χ4n) is 1.45. The Labute approximate surface area is 101 Å². The average Bonchev–Trinajstić information content (AvgIpc) is 2.33. The summed E-state index contributed by atoms with van der Waals surface area (Å²) in [5.41, 5.74) is -0.788. The van der Waals surface area contributed by atoms with Crippen molar-refractivity contribution in [2.45, 2.75) is 12.7 Å². The highest BCUT2D eigenvalue weighted by Gasteiger charge is 2.36. The lowest BCUT2D eigenvalue weighted by Crippen LogP contribution is -2.09. The third-order valence-corrected chi connectivity index (χ3v) is 2.17. The van der Waals surface area contributed by atoms with Crippen molar-refractivity contribution in [2.75, 3.05) is 14.2 Å². The Kier molecular flexibility index (Phi) is 4.33. The zero-order valence-corrected chi connectivity index (χ0v) is 9.67. The third kappa shape index (κ3) is 3.01. The molecule has 0 N–H and O–H groups in total. The van der Waals surface area contributed by atoms with Gasteiger partial charge in [0.25, 0.3) is 0 Å². The number of hydrogen-bond acceptors (Lipinski definition) is 4. The molecule has 0 bridgehead atoms. The quantitative estimate of drug-likeness (QED) is 0.618. The van der Waals surface area contributed by atoms with Crippen molar-refractivity contribution in [3.8, 4) is 11.5 Å². The van der Waals surface area contributed by atoms with E-state index in [9.17, 15) is 18.0 Å². The normalized spacial score (nSPS) is 10.7. The molecular weight excluding hydrogens is 251 g/mol. The van der Waals surface area contributed by atoms with Crippen LogP contribution in [-0.4, -0.2) is 20.3 Å². The van der Waals surface area contributed by atoms with Gasteiger partial charge in [-0.25, -0.2) is 9.79 Å². The molecule has 1 rings (SSSR count). The van der Waals surface area contributed by atoms with Crippen LogP contribution in [0.3, 0.4) is 0 Å². The highest BCUT2D eigenvalue weighted by atomic mass is 19.4. The lowest BCUT2D eigenvalue weighted by Gasteiger charge is -2.16. The van der Waals surface area contributed by atoms with Gasteiger partial charge in [-0.05, 0) is 17.7 Å². The Hall–Kier alpha value is -2.01. The summed E-state index contributed by atoms with van der Waals surface area (Å²) < 4.78 is 48.0. The molecule has 0 saturated carbocycles. The molecule has 18 heavy (non-hydrogen) atoms. The van der Waals surface area contributed by atoms with Gasteiger partial charge in [0.1, 0.15) is 5.56 Å². The number of nitrogens with zero attached hydrogens (tertiary/aromatic N) is 1. The van der Waals surface area contributed by atoms with E-state index in [1.165, 1.54) is 19.3 Å². The topological polar surface area (TPSA) is 47.9 Å². The number of methoxy groups -OCH3 is 2. The van der Waals surface area contributed by atoms with E-state index in [-0.39, 0.29) is 17.9 Å². The van der Waals surface area contributed by atoms with Crippen LogP contribution in [0.4, 0.5) is 13.2 Å². The first kappa shape index (κ1) is 14.1. The number of halogens is 3. The van der Waals surface area contributed by atoms with E-state index in [1.807, 2.05) is 0 Å². The zero-order valence-electron chi connectivity index (χ0n) is 9.67. The van der Waals surface area contributed by atoms with E-state index in [1.54, 1.807) is 0 Å². The zero-order chi connectivity index (χ0) is 13.8. The fourth-order valence-corrected chi connectivity index (χ4v) is 1.45. The molecule has 0 fully saturated rings. The summed E-state index contributed by atoms with van der Waals surface area (Å²) in [6.07, 6.45) is -3.32. The summed E-state index contributed by atoms with van der Waals surface area (Å²) in [5, 5.41) is 0. The Morgan fingerprint density at radius 3 is 2.39 bits per heavy atom. The van der Waals surface area contributed by atoms with Crippen LogP contribution in [0.1, 0.15) is 11.1 Å². The fraction of sp³-hybridized carbons (Fsp3) is 0.364. The summed E-state index contributed by atoms with van der Waals surface area (Å²) in [7, 11) is 2.35. The molecule has 0 heterocycles. The van der Waals surface area contributed by atoms with Crippen molar-refractivity contribution >= 4 is 6.08 Å². The van der Waals surface area contributed by atoms with Gasteiger partial charge in [-0.15, -0.1) is 0 Å². The van der Waals surface area contributed by atoms with Crippen LogP contribution in [0.15, 0.2) is 17.1 Å². The predicted octanol–water partition coefficient (Wildman–Crippen LogP) is 2.56. The molecule has 0 aromatic heterocycles. The number of isocyanates is 1. The molecule has 0 aliphatic carbocycles. The molecular formula is C11H10F3NO3. The first-order valence-electron chi connectivity index (χ1n) is 4.79. The highest BCUT2D eigenvalue weighted by Crippen LogP contribution is 2.42. The van der Waals surface area contributed by atoms with Crippen molar-refractivity contribution in [3.05, 3.63) is 23.3 Å². The van der Waals surface area contributed by atoms with Crippen molar-refractivity contribution in [3.63, 3.8) is 0 Å². The molecule has 0 amide bonds. The Balaban J connectivity index is 3.40. The summed E-state index contributed by atoms with van der Waals surface area (Å²) in [5.74, 6) is -0.466. The van der Waals surface area contributed by atoms with Gasteiger partial charge >= 0.3 is 6.18 Å². The van der Waals surface area contributed by atoms with Gasteiger partial charge in [-0.2, -0.15) is 13.2 Å². The minimum Gasteiger partial charge on any atom is -0.493 e. The van der Waals surface area contributed by atoms with Gasteiger partial charge in [0.15, 0.2) is 11.5 Å². The van der Waals surface area contributed by atoms with Crippen LogP contribution in [-0.2, 0) is 17.5 Å². The van der Waals surface area contributed by atoms with Crippen LogP contribution in [0.2, 0.25) is 0 Å². The minimum absolute atomic E-state index is 0.0663. The number of alkyl halides is 3. The lowest BCUT2D eigenvalue weighted by molar-refractivity contribution is -0.138. The van der Waals surface area contributed by atoms with Crippen LogP contribution in [0.5, 0.6) is 11.5 Å². The maximum atomic E-state index is 12.8. The van der Waals surface area contributed by atoms with Crippen LogP contribution in [0.25, 0.3) is 0 Å². The van der Waals surface area contributed by atoms with Gasteiger partial charge in [-0.1, -0.05) is 0 Å². The largest absolute Gasteiger partial charge is 0.493 e. The molecule has 4 nitrogen and oxygen atoms in total. The van der Waals surface area contributed by atoms with Crippen LogP contribution in [0, 0.1) is 0 Å². The van der Waals surface area contributed by atoms with Crippen molar-refractivity contribution < 1.29 is 27.4 Å². The second-order valence-electron chi connectivity index (χ2n) is 3.28. The van der Waals surface area contributed by atoms with E-state index >= 15 is 0 Å². The van der Waals surface area contributed by atoms with E-state index in [2.05, 4.69) is 4.99 Å². The molecule has 0 unspecified atom stereocenters. The maximum absolute atomic E-state index is 12.8. The highest BCUT2D eigenvalue weighted by molar-refractivity contribution is 5.51. The molecule has 0 radical (unpaired) electrons. The molecule has 0 spiro atoms. The molecule has 0 saturated heterocycles. The standard InChI is InChI=1S/C11H10F3NO3/c1-17-9-4-7(5-15-6-16)3-8(10(9)18-2)11(12,13)14/h3-4H,5H2,1-2H3. The lowest BCUT2D eigenvalue weighted by atomic mass is 10.1. The van der Waals surface area contributed by atoms with Crippen LogP contribution < -0.4 is 9.47 Å². The smallest absolute Gasteiger partial charge is 0.420 e. The monoisotopic (exact) mass is 261 g/mol. The number of benzene rings is 1. The van der Waals surface area contributed by atoms with Gasteiger partial charge in [0, 0.05) is 0 Å².